The molecule has 2 aromatic rings. The first-order valence-electron chi connectivity index (χ1n) is 7.57. The van der Waals surface area contributed by atoms with Crippen molar-refractivity contribution in [3.05, 3.63) is 58.7 Å². The molecule has 3 nitrogen and oxygen atoms in total. The molecule has 1 aromatic heterocycles. The Morgan fingerprint density at radius 1 is 1.23 bits per heavy atom. The minimum absolute atomic E-state index is 0.0651. The summed E-state index contributed by atoms with van der Waals surface area (Å²) < 4.78 is 15.8. The molecule has 0 spiro atoms. The number of halogens is 1. The molecule has 22 heavy (non-hydrogen) atoms. The predicted molar refractivity (Wildman–Crippen MR) is 86.2 cm³/mol. The molecule has 1 aromatic carbocycles. The van der Waals surface area contributed by atoms with Crippen LogP contribution in [0.5, 0.6) is 0 Å². The second kappa shape index (κ2) is 6.77. The van der Waals surface area contributed by atoms with E-state index in [1.165, 1.54) is 17.5 Å². The van der Waals surface area contributed by atoms with Crippen molar-refractivity contribution >= 4 is 5.91 Å². The Morgan fingerprint density at radius 2 is 1.91 bits per heavy atom. The zero-order chi connectivity index (χ0) is 16.3. The zero-order valence-electron chi connectivity index (χ0n) is 13.6. The second-order valence-electron chi connectivity index (χ2n) is 5.91. The highest BCUT2D eigenvalue weighted by atomic mass is 19.1. The zero-order valence-corrected chi connectivity index (χ0v) is 13.6. The van der Waals surface area contributed by atoms with Gasteiger partial charge < -0.3 is 9.88 Å². The molecule has 1 N–H and O–H groups in total. The summed E-state index contributed by atoms with van der Waals surface area (Å²) in [4.78, 5) is 12.0. The van der Waals surface area contributed by atoms with Crippen LogP contribution in [0, 0.1) is 19.7 Å². The third-order valence-electron chi connectivity index (χ3n) is 3.89. The maximum atomic E-state index is 13.5. The maximum absolute atomic E-state index is 13.5. The molecule has 4 heteroatoms. The highest BCUT2D eigenvalue weighted by Crippen LogP contribution is 2.20. The van der Waals surface area contributed by atoms with E-state index in [1.807, 2.05) is 0 Å². The van der Waals surface area contributed by atoms with Gasteiger partial charge in [-0.05, 0) is 51.0 Å². The Bertz CT molecular complexity index is 674. The number of hydrogen-bond acceptors (Lipinski definition) is 1. The highest BCUT2D eigenvalue weighted by molar-refractivity contribution is 5.78. The molecule has 0 atom stereocenters. The predicted octanol–water partition coefficient (Wildman–Crippen LogP) is 3.68. The molecule has 0 bridgehead atoms. The van der Waals surface area contributed by atoms with E-state index in [0.29, 0.717) is 18.2 Å². The number of benzene rings is 1. The van der Waals surface area contributed by atoms with Gasteiger partial charge in [0.15, 0.2) is 0 Å². The average molecular weight is 302 g/mol. The van der Waals surface area contributed by atoms with Crippen LogP contribution in [0.15, 0.2) is 30.3 Å². The summed E-state index contributed by atoms with van der Waals surface area (Å²) in [5.41, 5.74) is 3.88. The van der Waals surface area contributed by atoms with Crippen LogP contribution in [0.2, 0.25) is 0 Å². The number of aromatic nitrogens is 1. The van der Waals surface area contributed by atoms with Crippen molar-refractivity contribution in [1.82, 2.24) is 9.88 Å². The summed E-state index contributed by atoms with van der Waals surface area (Å²) >= 11 is 0. The Kier molecular flexibility index (Phi) is 5.01. The van der Waals surface area contributed by atoms with Gasteiger partial charge in [-0.3, -0.25) is 4.79 Å². The van der Waals surface area contributed by atoms with E-state index in [9.17, 15) is 9.18 Å². The van der Waals surface area contributed by atoms with Gasteiger partial charge in [-0.1, -0.05) is 18.2 Å². The first-order valence-corrected chi connectivity index (χ1v) is 7.57. The lowest BCUT2D eigenvalue weighted by atomic mass is 10.1. The van der Waals surface area contributed by atoms with Gasteiger partial charge >= 0.3 is 0 Å². The number of aryl methyl sites for hydroxylation is 1. The fourth-order valence-corrected chi connectivity index (χ4v) is 2.89. The average Bonchev–Trinajstić information content (AvgIpc) is 2.73. The summed E-state index contributed by atoms with van der Waals surface area (Å²) in [6.07, 6.45) is 0.0651. The van der Waals surface area contributed by atoms with E-state index in [2.05, 4.69) is 43.6 Å². The molecular formula is C18H23FN2O. The molecule has 0 aliphatic rings. The molecule has 0 unspecified atom stereocenters. The van der Waals surface area contributed by atoms with Gasteiger partial charge in [-0.15, -0.1) is 0 Å². The molecule has 0 radical (unpaired) electrons. The van der Waals surface area contributed by atoms with Gasteiger partial charge in [0.05, 0.1) is 6.42 Å². The highest BCUT2D eigenvalue weighted by Gasteiger charge is 2.13. The van der Waals surface area contributed by atoms with Crippen LogP contribution in [0.4, 0.5) is 4.39 Å². The van der Waals surface area contributed by atoms with Crippen LogP contribution < -0.4 is 5.32 Å². The van der Waals surface area contributed by atoms with Crippen molar-refractivity contribution in [1.29, 1.82) is 0 Å². The first kappa shape index (κ1) is 16.3. The van der Waals surface area contributed by atoms with E-state index in [-0.39, 0.29) is 18.1 Å². The third-order valence-corrected chi connectivity index (χ3v) is 3.89. The van der Waals surface area contributed by atoms with Crippen molar-refractivity contribution in [2.24, 2.45) is 0 Å². The lowest BCUT2D eigenvalue weighted by Gasteiger charge is -2.14. The van der Waals surface area contributed by atoms with E-state index >= 15 is 0 Å². The van der Waals surface area contributed by atoms with Gasteiger partial charge in [-0.25, -0.2) is 4.39 Å². The van der Waals surface area contributed by atoms with E-state index < -0.39 is 0 Å². The van der Waals surface area contributed by atoms with Crippen LogP contribution in [0.3, 0.4) is 0 Å². The fraction of sp³-hybridized carbons (Fsp3) is 0.389. The topological polar surface area (TPSA) is 34.0 Å². The number of hydrogen-bond donors (Lipinski definition) is 1. The molecule has 1 heterocycles. The number of carbonyl (C=O) groups excluding carboxylic acids is 1. The number of rotatable bonds is 5. The monoisotopic (exact) mass is 302 g/mol. The normalized spacial score (nSPS) is 11.0. The Balaban J connectivity index is 2.00. The molecule has 1 amide bonds. The Labute approximate surface area is 131 Å². The van der Waals surface area contributed by atoms with Gasteiger partial charge in [0.1, 0.15) is 5.82 Å². The molecule has 0 saturated carbocycles. The van der Waals surface area contributed by atoms with Gasteiger partial charge in [0, 0.05) is 24.0 Å². The number of carbonyl (C=O) groups is 1. The van der Waals surface area contributed by atoms with Gasteiger partial charge in [0.25, 0.3) is 0 Å². The summed E-state index contributed by atoms with van der Waals surface area (Å²) in [6, 6.07) is 8.86. The number of amides is 1. The van der Waals surface area contributed by atoms with Crippen molar-refractivity contribution in [2.75, 3.05) is 0 Å². The van der Waals surface area contributed by atoms with Crippen LogP contribution >= 0.6 is 0 Å². The third kappa shape index (κ3) is 3.56. The standard InChI is InChI=1S/C18H23FN2O/c1-12(2)21-13(3)9-16(14(21)4)11-20-18(22)10-15-7-5-6-8-17(15)19/h5-9,12H,10-11H2,1-4H3,(H,20,22). The second-order valence-corrected chi connectivity index (χ2v) is 5.91. The van der Waals surface area contributed by atoms with E-state index in [0.717, 1.165) is 5.56 Å². The minimum atomic E-state index is -0.337. The molecule has 0 aliphatic carbocycles. The van der Waals surface area contributed by atoms with Crippen LogP contribution in [-0.4, -0.2) is 10.5 Å². The molecule has 118 valence electrons. The van der Waals surface area contributed by atoms with E-state index in [1.54, 1.807) is 18.2 Å². The molecule has 0 fully saturated rings. The summed E-state index contributed by atoms with van der Waals surface area (Å²) in [5.74, 6) is -0.505. The molecule has 0 aliphatic heterocycles. The van der Waals surface area contributed by atoms with Crippen LogP contribution in [-0.2, 0) is 17.8 Å². The summed E-state index contributed by atoms with van der Waals surface area (Å²) in [6.45, 7) is 8.88. The van der Waals surface area contributed by atoms with Crippen LogP contribution in [0.25, 0.3) is 0 Å². The molecule has 2 rings (SSSR count). The summed E-state index contributed by atoms with van der Waals surface area (Å²) in [7, 11) is 0. The van der Waals surface area contributed by atoms with Crippen molar-refractivity contribution in [2.45, 2.75) is 46.7 Å². The molecule has 0 saturated heterocycles. The lowest BCUT2D eigenvalue weighted by molar-refractivity contribution is -0.120. The quantitative estimate of drug-likeness (QED) is 0.898. The maximum Gasteiger partial charge on any atom is 0.224 e. The fourth-order valence-electron chi connectivity index (χ4n) is 2.89. The van der Waals surface area contributed by atoms with Gasteiger partial charge in [0.2, 0.25) is 5.91 Å². The SMILES string of the molecule is Cc1cc(CNC(=O)Cc2ccccc2F)c(C)n1C(C)C. The minimum Gasteiger partial charge on any atom is -0.352 e. The van der Waals surface area contributed by atoms with Crippen molar-refractivity contribution in [3.63, 3.8) is 0 Å². The summed E-state index contributed by atoms with van der Waals surface area (Å²) in [5, 5.41) is 2.88. The van der Waals surface area contributed by atoms with Gasteiger partial charge in [-0.2, -0.15) is 0 Å². The molecular weight excluding hydrogens is 279 g/mol. The van der Waals surface area contributed by atoms with E-state index in [4.69, 9.17) is 0 Å². The van der Waals surface area contributed by atoms with Crippen molar-refractivity contribution in [3.8, 4) is 0 Å². The van der Waals surface area contributed by atoms with Crippen molar-refractivity contribution < 1.29 is 9.18 Å². The number of nitrogens with one attached hydrogen (secondary N) is 1. The Morgan fingerprint density at radius 3 is 2.50 bits per heavy atom. The van der Waals surface area contributed by atoms with Crippen LogP contribution in [0.1, 0.15) is 42.4 Å². The lowest BCUT2D eigenvalue weighted by Crippen LogP contribution is -2.25. The smallest absolute Gasteiger partial charge is 0.224 e. The number of nitrogens with zero attached hydrogens (tertiary/aromatic N) is 1. The Hall–Kier alpha value is -2.10. The largest absolute Gasteiger partial charge is 0.352 e. The first-order chi connectivity index (χ1) is 10.4.